The number of nitrogens with one attached hydrogen (secondary N) is 1. The highest BCUT2D eigenvalue weighted by molar-refractivity contribution is 5.92. The molecule has 0 saturated heterocycles. The van der Waals surface area contributed by atoms with Gasteiger partial charge in [0.1, 0.15) is 0 Å². The first kappa shape index (κ1) is 13.7. The van der Waals surface area contributed by atoms with Gasteiger partial charge in [-0.3, -0.25) is 9.67 Å². The monoisotopic (exact) mass is 283 g/mol. The van der Waals surface area contributed by atoms with E-state index in [0.717, 1.165) is 18.7 Å². The zero-order valence-electron chi connectivity index (χ0n) is 12.1. The summed E-state index contributed by atoms with van der Waals surface area (Å²) in [4.78, 5) is 4.35. The van der Waals surface area contributed by atoms with E-state index < -0.39 is 0 Å². The van der Waals surface area contributed by atoms with Crippen molar-refractivity contribution in [2.45, 2.75) is 32.2 Å². The van der Waals surface area contributed by atoms with Crippen LogP contribution in [0.3, 0.4) is 0 Å². The van der Waals surface area contributed by atoms with Crippen LogP contribution in [0.1, 0.15) is 24.0 Å². The maximum Gasteiger partial charge on any atom is 0.193 e. The Morgan fingerprint density at radius 3 is 3.10 bits per heavy atom. The SMILES string of the molecule is NC(=NCCCn1cccn1)Nc1ccc2c(c1)CCC2. The highest BCUT2D eigenvalue weighted by atomic mass is 15.3. The van der Waals surface area contributed by atoms with Gasteiger partial charge < -0.3 is 11.1 Å². The largest absolute Gasteiger partial charge is 0.370 e. The van der Waals surface area contributed by atoms with E-state index in [0.29, 0.717) is 12.5 Å². The van der Waals surface area contributed by atoms with E-state index in [1.807, 2.05) is 16.9 Å². The van der Waals surface area contributed by atoms with Gasteiger partial charge in [0.05, 0.1) is 0 Å². The molecule has 1 aliphatic rings. The van der Waals surface area contributed by atoms with E-state index in [4.69, 9.17) is 5.73 Å². The van der Waals surface area contributed by atoms with Crippen LogP contribution < -0.4 is 11.1 Å². The predicted molar refractivity (Wildman–Crippen MR) is 85.4 cm³/mol. The molecule has 0 amide bonds. The van der Waals surface area contributed by atoms with Crippen molar-refractivity contribution in [2.24, 2.45) is 10.7 Å². The third-order valence-corrected chi connectivity index (χ3v) is 3.76. The van der Waals surface area contributed by atoms with Gasteiger partial charge in [0.25, 0.3) is 0 Å². The molecule has 5 nitrogen and oxygen atoms in total. The smallest absolute Gasteiger partial charge is 0.193 e. The molecule has 0 atom stereocenters. The van der Waals surface area contributed by atoms with Crippen molar-refractivity contribution in [3.05, 3.63) is 47.8 Å². The summed E-state index contributed by atoms with van der Waals surface area (Å²) < 4.78 is 1.90. The van der Waals surface area contributed by atoms with Gasteiger partial charge in [-0.1, -0.05) is 6.07 Å². The van der Waals surface area contributed by atoms with Crippen molar-refractivity contribution in [2.75, 3.05) is 11.9 Å². The van der Waals surface area contributed by atoms with E-state index in [1.54, 1.807) is 6.20 Å². The summed E-state index contributed by atoms with van der Waals surface area (Å²) in [5.41, 5.74) is 9.86. The van der Waals surface area contributed by atoms with Crippen LogP contribution in [-0.4, -0.2) is 22.3 Å². The average Bonchev–Trinajstić information content (AvgIpc) is 3.14. The van der Waals surface area contributed by atoms with Crippen LogP contribution in [0.15, 0.2) is 41.7 Å². The van der Waals surface area contributed by atoms with Gasteiger partial charge >= 0.3 is 0 Å². The first-order chi connectivity index (χ1) is 10.3. The third-order valence-electron chi connectivity index (χ3n) is 3.76. The number of aromatic nitrogens is 2. The van der Waals surface area contributed by atoms with Crippen LogP contribution in [0.4, 0.5) is 5.69 Å². The first-order valence-corrected chi connectivity index (χ1v) is 7.47. The molecule has 0 aliphatic heterocycles. The fourth-order valence-electron chi connectivity index (χ4n) is 2.70. The summed E-state index contributed by atoms with van der Waals surface area (Å²) in [6.45, 7) is 1.56. The Bertz CT molecular complexity index is 616. The Morgan fingerprint density at radius 1 is 1.33 bits per heavy atom. The molecule has 110 valence electrons. The fourth-order valence-corrected chi connectivity index (χ4v) is 2.70. The molecule has 3 rings (SSSR count). The Morgan fingerprint density at radius 2 is 2.24 bits per heavy atom. The van der Waals surface area contributed by atoms with Gasteiger partial charge in [0.2, 0.25) is 0 Å². The van der Waals surface area contributed by atoms with Crippen molar-refractivity contribution in [1.29, 1.82) is 0 Å². The van der Waals surface area contributed by atoms with E-state index in [-0.39, 0.29) is 0 Å². The van der Waals surface area contributed by atoms with Gasteiger partial charge in [0, 0.05) is 31.2 Å². The second-order valence-corrected chi connectivity index (χ2v) is 5.35. The lowest BCUT2D eigenvalue weighted by atomic mass is 10.1. The molecule has 1 heterocycles. The average molecular weight is 283 g/mol. The van der Waals surface area contributed by atoms with Gasteiger partial charge in [-0.25, -0.2) is 0 Å². The number of anilines is 1. The number of hydrogen-bond acceptors (Lipinski definition) is 2. The van der Waals surface area contributed by atoms with Crippen LogP contribution in [0.5, 0.6) is 0 Å². The fraction of sp³-hybridized carbons (Fsp3) is 0.375. The summed E-state index contributed by atoms with van der Waals surface area (Å²) in [5.74, 6) is 0.480. The number of nitrogens with two attached hydrogens (primary N) is 1. The minimum absolute atomic E-state index is 0.480. The molecule has 1 aromatic carbocycles. The second-order valence-electron chi connectivity index (χ2n) is 5.35. The number of aryl methyl sites for hydroxylation is 3. The molecule has 21 heavy (non-hydrogen) atoms. The van der Waals surface area contributed by atoms with Crippen molar-refractivity contribution >= 4 is 11.6 Å². The first-order valence-electron chi connectivity index (χ1n) is 7.47. The van der Waals surface area contributed by atoms with Gasteiger partial charge in [0.15, 0.2) is 5.96 Å². The molecule has 0 radical (unpaired) electrons. The number of hydrogen-bond donors (Lipinski definition) is 2. The van der Waals surface area contributed by atoms with E-state index in [9.17, 15) is 0 Å². The highest BCUT2D eigenvalue weighted by Gasteiger charge is 2.10. The highest BCUT2D eigenvalue weighted by Crippen LogP contribution is 2.24. The van der Waals surface area contributed by atoms with Crippen LogP contribution in [-0.2, 0) is 19.4 Å². The van der Waals surface area contributed by atoms with E-state index >= 15 is 0 Å². The molecule has 1 aliphatic carbocycles. The summed E-state index contributed by atoms with van der Waals surface area (Å²) in [6, 6.07) is 8.38. The van der Waals surface area contributed by atoms with Crippen LogP contribution in [0.25, 0.3) is 0 Å². The quantitative estimate of drug-likeness (QED) is 0.502. The molecule has 0 unspecified atom stereocenters. The van der Waals surface area contributed by atoms with Crippen LogP contribution >= 0.6 is 0 Å². The molecule has 0 bridgehead atoms. The Balaban J connectivity index is 1.48. The third kappa shape index (κ3) is 3.62. The number of benzene rings is 1. The second kappa shape index (κ2) is 6.43. The van der Waals surface area contributed by atoms with Crippen LogP contribution in [0.2, 0.25) is 0 Å². The molecule has 0 saturated carbocycles. The standard InChI is InChI=1S/C16H21N5/c17-16(18-8-2-10-21-11-3-9-19-21)20-15-7-6-13-4-1-5-14(13)12-15/h3,6-7,9,11-12H,1-2,4-5,8,10H2,(H3,17,18,20). The number of aliphatic imine (C=N–C) groups is 1. The summed E-state index contributed by atoms with van der Waals surface area (Å²) in [6.07, 6.45) is 8.30. The minimum atomic E-state index is 0.480. The van der Waals surface area contributed by atoms with E-state index in [2.05, 4.69) is 33.6 Å². The molecule has 1 aromatic heterocycles. The zero-order valence-corrected chi connectivity index (χ0v) is 12.1. The van der Waals surface area contributed by atoms with Gasteiger partial charge in [-0.15, -0.1) is 0 Å². The van der Waals surface area contributed by atoms with Gasteiger partial charge in [-0.05, 0) is 55.0 Å². The van der Waals surface area contributed by atoms with E-state index in [1.165, 1.54) is 30.4 Å². The lowest BCUT2D eigenvalue weighted by Gasteiger charge is -2.08. The van der Waals surface area contributed by atoms with Crippen molar-refractivity contribution in [3.8, 4) is 0 Å². The predicted octanol–water partition coefficient (Wildman–Crippen LogP) is 2.19. The zero-order chi connectivity index (χ0) is 14.5. The molecule has 3 N–H and O–H groups in total. The molecule has 0 spiro atoms. The Hall–Kier alpha value is -2.30. The summed E-state index contributed by atoms with van der Waals surface area (Å²) in [5, 5.41) is 7.33. The molecule has 0 fully saturated rings. The number of rotatable bonds is 5. The van der Waals surface area contributed by atoms with Crippen molar-refractivity contribution in [1.82, 2.24) is 9.78 Å². The van der Waals surface area contributed by atoms with Crippen molar-refractivity contribution in [3.63, 3.8) is 0 Å². The Labute approximate surface area is 124 Å². The molecular weight excluding hydrogens is 262 g/mol. The minimum Gasteiger partial charge on any atom is -0.370 e. The number of fused-ring (bicyclic) bond motifs is 1. The topological polar surface area (TPSA) is 68.2 Å². The lowest BCUT2D eigenvalue weighted by molar-refractivity contribution is 0.585. The number of guanidine groups is 1. The molecule has 5 heteroatoms. The maximum atomic E-state index is 5.93. The maximum absolute atomic E-state index is 5.93. The number of nitrogens with zero attached hydrogens (tertiary/aromatic N) is 3. The molecule has 2 aromatic rings. The van der Waals surface area contributed by atoms with Crippen LogP contribution in [0, 0.1) is 0 Å². The normalized spacial score (nSPS) is 14.2. The Kier molecular flexibility index (Phi) is 4.19. The van der Waals surface area contributed by atoms with Gasteiger partial charge in [-0.2, -0.15) is 5.10 Å². The lowest BCUT2D eigenvalue weighted by Crippen LogP contribution is -2.23. The summed E-state index contributed by atoms with van der Waals surface area (Å²) >= 11 is 0. The summed E-state index contributed by atoms with van der Waals surface area (Å²) in [7, 11) is 0. The molecular formula is C16H21N5. The van der Waals surface area contributed by atoms with Crippen molar-refractivity contribution < 1.29 is 0 Å².